The van der Waals surface area contributed by atoms with Crippen LogP contribution in [0.25, 0.3) is 6.08 Å². The Balaban J connectivity index is 2.05. The number of aryl methyl sites for hydroxylation is 1. The monoisotopic (exact) mass is 392 g/mol. The normalized spacial score (nSPS) is 16.8. The summed E-state index contributed by atoms with van der Waals surface area (Å²) in [5.41, 5.74) is 1.99. The number of hydrogen-bond acceptors (Lipinski definition) is 5. The number of rotatable bonds is 7. The van der Waals surface area contributed by atoms with Gasteiger partial charge in [0.1, 0.15) is 16.9 Å². The molecule has 2 rings (SSSR count). The van der Waals surface area contributed by atoms with Crippen LogP contribution in [-0.4, -0.2) is 44.7 Å². The van der Waals surface area contributed by atoms with Crippen LogP contribution >= 0.6 is 24.0 Å². The van der Waals surface area contributed by atoms with Crippen LogP contribution in [0.5, 0.6) is 0 Å². The van der Waals surface area contributed by atoms with E-state index in [-0.39, 0.29) is 16.8 Å². The summed E-state index contributed by atoms with van der Waals surface area (Å²) in [7, 11) is 0. The smallest absolute Gasteiger partial charge is 0.326 e. The molecule has 6 nitrogen and oxygen atoms in total. The summed E-state index contributed by atoms with van der Waals surface area (Å²) < 4.78 is 0.283. The standard InChI is InChI=1S/C18H20N2O4S2/c1-3-4-13(17(23)24)19-15(21)10-20-16(22)14(26-18(20)25)9-12-7-5-11(2)6-8-12/h5-9,13H,3-4,10H2,1-2H3,(H,19,21)(H,23,24)/b14-9+/t13-/m1/s1. The van der Waals surface area contributed by atoms with E-state index in [4.69, 9.17) is 17.3 Å². The first-order valence-corrected chi connectivity index (χ1v) is 9.38. The largest absolute Gasteiger partial charge is 0.480 e. The lowest BCUT2D eigenvalue weighted by Gasteiger charge is -2.17. The summed E-state index contributed by atoms with van der Waals surface area (Å²) in [5, 5.41) is 11.5. The Kier molecular flexibility index (Phi) is 6.93. The molecule has 0 bridgehead atoms. The zero-order valence-corrected chi connectivity index (χ0v) is 16.2. The molecule has 138 valence electrons. The van der Waals surface area contributed by atoms with E-state index in [0.29, 0.717) is 17.7 Å². The Morgan fingerprint density at radius 1 is 1.35 bits per heavy atom. The third-order valence-corrected chi connectivity index (χ3v) is 5.14. The average molecular weight is 393 g/mol. The van der Waals surface area contributed by atoms with Crippen molar-refractivity contribution in [3.63, 3.8) is 0 Å². The van der Waals surface area contributed by atoms with Crippen molar-refractivity contribution in [1.29, 1.82) is 0 Å². The molecule has 26 heavy (non-hydrogen) atoms. The highest BCUT2D eigenvalue weighted by atomic mass is 32.2. The van der Waals surface area contributed by atoms with Gasteiger partial charge in [-0.05, 0) is 25.0 Å². The summed E-state index contributed by atoms with van der Waals surface area (Å²) in [5.74, 6) is -1.98. The molecular weight excluding hydrogens is 372 g/mol. The van der Waals surface area contributed by atoms with Crippen molar-refractivity contribution in [3.8, 4) is 0 Å². The van der Waals surface area contributed by atoms with E-state index >= 15 is 0 Å². The van der Waals surface area contributed by atoms with Gasteiger partial charge in [0, 0.05) is 0 Å². The van der Waals surface area contributed by atoms with Gasteiger partial charge < -0.3 is 10.4 Å². The van der Waals surface area contributed by atoms with Gasteiger partial charge in [-0.1, -0.05) is 67.2 Å². The highest BCUT2D eigenvalue weighted by Gasteiger charge is 2.34. The molecule has 0 aliphatic carbocycles. The fraction of sp³-hybridized carbons (Fsp3) is 0.333. The van der Waals surface area contributed by atoms with E-state index in [1.807, 2.05) is 38.1 Å². The number of aliphatic carboxylic acids is 1. The molecule has 1 fully saturated rings. The van der Waals surface area contributed by atoms with Crippen LogP contribution in [-0.2, 0) is 14.4 Å². The molecule has 0 radical (unpaired) electrons. The Bertz CT molecular complexity index is 759. The van der Waals surface area contributed by atoms with Crippen molar-refractivity contribution >= 4 is 52.2 Å². The van der Waals surface area contributed by atoms with Crippen LogP contribution in [0.15, 0.2) is 29.2 Å². The predicted octanol–water partition coefficient (Wildman–Crippen LogP) is 2.57. The number of carboxylic acid groups (broad SMARTS) is 1. The maximum absolute atomic E-state index is 12.5. The van der Waals surface area contributed by atoms with E-state index in [0.717, 1.165) is 22.9 Å². The Hall–Kier alpha value is -2.19. The van der Waals surface area contributed by atoms with Crippen LogP contribution in [0.4, 0.5) is 0 Å². The second-order valence-corrected chi connectivity index (χ2v) is 7.60. The molecule has 2 amide bonds. The molecule has 1 saturated heterocycles. The second kappa shape index (κ2) is 8.95. The molecule has 1 aliphatic heterocycles. The summed E-state index contributed by atoms with van der Waals surface area (Å²) >= 11 is 6.33. The molecule has 0 saturated carbocycles. The maximum atomic E-state index is 12.5. The Morgan fingerprint density at radius 3 is 2.58 bits per heavy atom. The van der Waals surface area contributed by atoms with Gasteiger partial charge in [-0.2, -0.15) is 0 Å². The summed E-state index contributed by atoms with van der Waals surface area (Å²) in [6, 6.07) is 6.72. The molecule has 8 heteroatoms. The number of amides is 2. The molecule has 1 aromatic carbocycles. The van der Waals surface area contributed by atoms with Gasteiger partial charge in [0.05, 0.1) is 4.91 Å². The lowest BCUT2D eigenvalue weighted by atomic mass is 10.1. The molecular formula is C18H20N2O4S2. The summed E-state index contributed by atoms with van der Waals surface area (Å²) in [4.78, 5) is 37.4. The first-order valence-electron chi connectivity index (χ1n) is 8.16. The molecule has 0 aromatic heterocycles. The molecule has 1 atom stereocenters. The molecule has 0 unspecified atom stereocenters. The van der Waals surface area contributed by atoms with Gasteiger partial charge in [0.15, 0.2) is 0 Å². The molecule has 0 spiro atoms. The SMILES string of the molecule is CCC[C@@H](NC(=O)CN1C(=O)/C(=C\c2ccc(C)cc2)SC1=S)C(=O)O. The van der Waals surface area contributed by atoms with Gasteiger partial charge in [0.25, 0.3) is 5.91 Å². The fourth-order valence-electron chi connectivity index (χ4n) is 2.38. The van der Waals surface area contributed by atoms with Gasteiger partial charge in [-0.15, -0.1) is 0 Å². The van der Waals surface area contributed by atoms with Crippen LogP contribution in [0.3, 0.4) is 0 Å². The average Bonchev–Trinajstić information content (AvgIpc) is 2.84. The van der Waals surface area contributed by atoms with Gasteiger partial charge in [-0.3, -0.25) is 14.5 Å². The number of thioether (sulfide) groups is 1. The minimum absolute atomic E-state index is 0.283. The number of hydrogen-bond donors (Lipinski definition) is 2. The number of carboxylic acids is 1. The fourth-order valence-corrected chi connectivity index (χ4v) is 3.64. The Labute approximate surface area is 161 Å². The van der Waals surface area contributed by atoms with Crippen LogP contribution in [0.2, 0.25) is 0 Å². The van der Waals surface area contributed by atoms with E-state index in [2.05, 4.69) is 5.32 Å². The molecule has 2 N–H and O–H groups in total. The number of nitrogens with one attached hydrogen (secondary N) is 1. The van der Waals surface area contributed by atoms with E-state index in [9.17, 15) is 14.4 Å². The number of carbonyl (C=O) groups is 3. The van der Waals surface area contributed by atoms with Crippen LogP contribution < -0.4 is 5.32 Å². The highest BCUT2D eigenvalue weighted by Crippen LogP contribution is 2.32. The summed E-state index contributed by atoms with van der Waals surface area (Å²) in [6.45, 7) is 3.52. The third kappa shape index (κ3) is 5.15. The van der Waals surface area contributed by atoms with Crippen molar-refractivity contribution in [1.82, 2.24) is 10.2 Å². The van der Waals surface area contributed by atoms with E-state index in [1.165, 1.54) is 4.90 Å². The number of benzene rings is 1. The predicted molar refractivity (Wildman–Crippen MR) is 106 cm³/mol. The molecule has 1 aliphatic rings. The molecule has 1 heterocycles. The minimum Gasteiger partial charge on any atom is -0.480 e. The number of thiocarbonyl (C=S) groups is 1. The zero-order valence-electron chi connectivity index (χ0n) is 14.5. The quantitative estimate of drug-likeness (QED) is 0.548. The van der Waals surface area contributed by atoms with Crippen molar-refractivity contribution in [2.75, 3.05) is 6.54 Å². The molecule has 1 aromatic rings. The Morgan fingerprint density at radius 2 is 2.00 bits per heavy atom. The highest BCUT2D eigenvalue weighted by molar-refractivity contribution is 8.26. The van der Waals surface area contributed by atoms with Gasteiger partial charge in [0.2, 0.25) is 5.91 Å². The van der Waals surface area contributed by atoms with E-state index < -0.39 is 17.9 Å². The van der Waals surface area contributed by atoms with Crippen molar-refractivity contribution < 1.29 is 19.5 Å². The van der Waals surface area contributed by atoms with Gasteiger partial charge >= 0.3 is 5.97 Å². The van der Waals surface area contributed by atoms with Crippen molar-refractivity contribution in [2.24, 2.45) is 0 Å². The lowest BCUT2D eigenvalue weighted by Crippen LogP contribution is -2.46. The first kappa shape index (κ1) is 20.1. The third-order valence-electron chi connectivity index (χ3n) is 3.76. The number of carbonyl (C=O) groups excluding carboxylic acids is 2. The van der Waals surface area contributed by atoms with Gasteiger partial charge in [-0.25, -0.2) is 4.79 Å². The van der Waals surface area contributed by atoms with Crippen LogP contribution in [0.1, 0.15) is 30.9 Å². The lowest BCUT2D eigenvalue weighted by molar-refractivity contribution is -0.142. The first-order chi connectivity index (χ1) is 12.3. The minimum atomic E-state index is -1.09. The van der Waals surface area contributed by atoms with Crippen molar-refractivity contribution in [3.05, 3.63) is 40.3 Å². The van der Waals surface area contributed by atoms with Crippen molar-refractivity contribution in [2.45, 2.75) is 32.7 Å². The van der Waals surface area contributed by atoms with E-state index in [1.54, 1.807) is 6.08 Å². The second-order valence-electron chi connectivity index (χ2n) is 5.93. The zero-order chi connectivity index (χ0) is 19.3. The maximum Gasteiger partial charge on any atom is 0.326 e. The summed E-state index contributed by atoms with van der Waals surface area (Å²) in [6.07, 6.45) is 2.68. The topological polar surface area (TPSA) is 86.7 Å². The van der Waals surface area contributed by atoms with Crippen LogP contribution in [0, 0.1) is 6.92 Å². The number of nitrogens with zero attached hydrogens (tertiary/aromatic N) is 1.